The second kappa shape index (κ2) is 12.0. The van der Waals surface area contributed by atoms with Crippen molar-refractivity contribution >= 4 is 36.7 Å². The lowest BCUT2D eigenvalue weighted by molar-refractivity contribution is 0.0859. The van der Waals surface area contributed by atoms with E-state index < -0.39 is 8.80 Å². The minimum absolute atomic E-state index is 0. The van der Waals surface area contributed by atoms with Crippen LogP contribution in [-0.4, -0.2) is 40.2 Å². The molecule has 1 aliphatic heterocycles. The number of benzene rings is 2. The zero-order valence-corrected chi connectivity index (χ0v) is 22.9. The van der Waals surface area contributed by atoms with Crippen LogP contribution in [0, 0.1) is 20.8 Å². The molecule has 0 bridgehead atoms. The summed E-state index contributed by atoms with van der Waals surface area (Å²) in [4.78, 5) is 4.65. The summed E-state index contributed by atoms with van der Waals surface area (Å²) >= 11 is 0. The van der Waals surface area contributed by atoms with Crippen molar-refractivity contribution in [1.82, 2.24) is 4.90 Å². The van der Waals surface area contributed by atoms with E-state index in [1.54, 1.807) is 0 Å². The maximum absolute atomic E-state index is 6.03. The van der Waals surface area contributed by atoms with E-state index in [9.17, 15) is 0 Å². The Hall–Kier alpha value is -1.64. The van der Waals surface area contributed by atoms with E-state index in [0.717, 1.165) is 18.4 Å². The number of nitrogens with zero attached hydrogens (tertiary/aromatic N) is 2. The van der Waals surface area contributed by atoms with Gasteiger partial charge < -0.3 is 23.1 Å². The standard InChI is InChI=1S/C25H36N2O3Si.BrH/c1-7-28-31(29-8-2,30-9-3)24-12-10-23(11-13-24)18-26-14-15-27(19-26)25-21(5)16-20(4)17-22(25)6;/h10-17H,7-9,18-19H2,1-6H3;1H. The summed E-state index contributed by atoms with van der Waals surface area (Å²) in [7, 11) is -2.85. The Morgan fingerprint density at radius 2 is 1.34 bits per heavy atom. The SMILES string of the molecule is Br.CCO[Si](OCC)(OCC)c1ccc(CN2C=CN(c3c(C)cc(C)cc3C)C2)cc1. The first kappa shape index (κ1) is 26.6. The molecule has 0 N–H and O–H groups in total. The van der Waals surface area contributed by atoms with Gasteiger partial charge in [0.2, 0.25) is 0 Å². The molecule has 32 heavy (non-hydrogen) atoms. The van der Waals surface area contributed by atoms with Crippen molar-refractivity contribution in [2.24, 2.45) is 0 Å². The summed E-state index contributed by atoms with van der Waals surface area (Å²) in [5, 5.41) is 1.02. The third-order valence-corrected chi connectivity index (χ3v) is 8.46. The minimum atomic E-state index is -2.85. The lowest BCUT2D eigenvalue weighted by atomic mass is 10.0. The number of hydrogen-bond donors (Lipinski definition) is 0. The lowest BCUT2D eigenvalue weighted by Crippen LogP contribution is -2.56. The Labute approximate surface area is 205 Å². The summed E-state index contributed by atoms with van der Waals surface area (Å²) in [6.45, 7) is 15.9. The van der Waals surface area contributed by atoms with E-state index in [-0.39, 0.29) is 17.0 Å². The highest BCUT2D eigenvalue weighted by Gasteiger charge is 2.43. The normalized spacial score (nSPS) is 13.6. The van der Waals surface area contributed by atoms with Crippen LogP contribution < -0.4 is 10.1 Å². The van der Waals surface area contributed by atoms with Gasteiger partial charge in [-0.2, -0.15) is 0 Å². The van der Waals surface area contributed by atoms with Gasteiger partial charge in [-0.05, 0) is 58.2 Å². The summed E-state index contributed by atoms with van der Waals surface area (Å²) in [5.74, 6) is 0. The van der Waals surface area contributed by atoms with Crippen molar-refractivity contribution in [3.63, 3.8) is 0 Å². The molecule has 1 aliphatic rings. The van der Waals surface area contributed by atoms with Crippen LogP contribution in [0.1, 0.15) is 43.0 Å². The molecule has 0 spiro atoms. The van der Waals surface area contributed by atoms with E-state index in [2.05, 4.69) is 79.4 Å². The summed E-state index contributed by atoms with van der Waals surface area (Å²) in [6.07, 6.45) is 4.35. The smallest absolute Gasteiger partial charge is 0.370 e. The molecule has 1 heterocycles. The van der Waals surface area contributed by atoms with Crippen LogP contribution in [0.2, 0.25) is 0 Å². The van der Waals surface area contributed by atoms with Crippen molar-refractivity contribution in [3.05, 3.63) is 71.1 Å². The van der Waals surface area contributed by atoms with Gasteiger partial charge >= 0.3 is 8.80 Å². The highest BCUT2D eigenvalue weighted by atomic mass is 79.9. The van der Waals surface area contributed by atoms with Gasteiger partial charge in [0.25, 0.3) is 0 Å². The molecule has 0 unspecified atom stereocenters. The lowest BCUT2D eigenvalue weighted by Gasteiger charge is -2.29. The molecule has 0 saturated carbocycles. The molecule has 2 aromatic rings. The number of halogens is 1. The van der Waals surface area contributed by atoms with Crippen molar-refractivity contribution in [2.45, 2.75) is 48.1 Å². The Morgan fingerprint density at radius 1 is 0.812 bits per heavy atom. The van der Waals surface area contributed by atoms with Crippen LogP contribution >= 0.6 is 17.0 Å². The first-order chi connectivity index (χ1) is 14.9. The van der Waals surface area contributed by atoms with Crippen molar-refractivity contribution in [2.75, 3.05) is 31.4 Å². The van der Waals surface area contributed by atoms with Gasteiger partial charge in [0, 0.05) is 49.6 Å². The molecule has 0 amide bonds. The van der Waals surface area contributed by atoms with Gasteiger partial charge in [-0.1, -0.05) is 42.0 Å². The zero-order valence-electron chi connectivity index (χ0n) is 20.2. The van der Waals surface area contributed by atoms with E-state index in [0.29, 0.717) is 19.8 Å². The molecule has 176 valence electrons. The largest absolute Gasteiger partial charge is 0.537 e. The molecule has 0 aliphatic carbocycles. The minimum Gasteiger partial charge on any atom is -0.370 e. The van der Waals surface area contributed by atoms with Crippen molar-refractivity contribution in [1.29, 1.82) is 0 Å². The number of rotatable bonds is 10. The fourth-order valence-corrected chi connectivity index (χ4v) is 6.80. The van der Waals surface area contributed by atoms with Gasteiger partial charge in [-0.25, -0.2) is 0 Å². The molecule has 0 fully saturated rings. The second-order valence-electron chi connectivity index (χ2n) is 7.96. The van der Waals surface area contributed by atoms with Gasteiger partial charge in [0.15, 0.2) is 0 Å². The summed E-state index contributed by atoms with van der Waals surface area (Å²) in [5.41, 5.74) is 6.50. The number of aryl methyl sites for hydroxylation is 3. The fraction of sp³-hybridized carbons (Fsp3) is 0.440. The Balaban J connectivity index is 0.00000363. The van der Waals surface area contributed by atoms with Crippen LogP contribution in [0.15, 0.2) is 48.8 Å². The monoisotopic (exact) mass is 520 g/mol. The van der Waals surface area contributed by atoms with Crippen molar-refractivity contribution < 1.29 is 13.3 Å². The third kappa shape index (κ3) is 6.02. The van der Waals surface area contributed by atoms with Crippen LogP contribution in [0.5, 0.6) is 0 Å². The van der Waals surface area contributed by atoms with Crippen LogP contribution in [-0.2, 0) is 19.8 Å². The fourth-order valence-electron chi connectivity index (χ4n) is 4.33. The Bertz CT molecular complexity index is 865. The maximum Gasteiger partial charge on any atom is 0.537 e. The molecule has 3 rings (SSSR count). The highest BCUT2D eigenvalue weighted by Crippen LogP contribution is 2.29. The Kier molecular flexibility index (Phi) is 9.98. The van der Waals surface area contributed by atoms with E-state index in [4.69, 9.17) is 13.3 Å². The molecule has 7 heteroatoms. The van der Waals surface area contributed by atoms with Gasteiger partial charge in [-0.15, -0.1) is 17.0 Å². The van der Waals surface area contributed by atoms with Crippen LogP contribution in [0.4, 0.5) is 5.69 Å². The highest BCUT2D eigenvalue weighted by molar-refractivity contribution is 8.93. The van der Waals surface area contributed by atoms with Crippen LogP contribution in [0.25, 0.3) is 0 Å². The topological polar surface area (TPSA) is 34.2 Å². The number of anilines is 1. The number of hydrogen-bond acceptors (Lipinski definition) is 5. The molecule has 0 atom stereocenters. The zero-order chi connectivity index (χ0) is 22.4. The quantitative estimate of drug-likeness (QED) is 0.402. The maximum atomic E-state index is 6.03. The van der Waals surface area contributed by atoms with Gasteiger partial charge in [0.05, 0.1) is 6.67 Å². The molecular weight excluding hydrogens is 484 g/mol. The first-order valence-corrected chi connectivity index (χ1v) is 12.9. The molecule has 0 aromatic heterocycles. The summed E-state index contributed by atoms with van der Waals surface area (Å²) < 4.78 is 18.1. The molecule has 5 nitrogen and oxygen atoms in total. The molecule has 0 radical (unpaired) electrons. The summed E-state index contributed by atoms with van der Waals surface area (Å²) in [6, 6.07) is 13.0. The van der Waals surface area contributed by atoms with Gasteiger partial charge in [0.1, 0.15) is 0 Å². The molecule has 2 aromatic carbocycles. The van der Waals surface area contributed by atoms with Gasteiger partial charge in [-0.3, -0.25) is 0 Å². The first-order valence-electron chi connectivity index (χ1n) is 11.2. The average Bonchev–Trinajstić information content (AvgIpc) is 3.16. The van der Waals surface area contributed by atoms with E-state index >= 15 is 0 Å². The second-order valence-corrected chi connectivity index (χ2v) is 10.5. The van der Waals surface area contributed by atoms with E-state index in [1.807, 2.05) is 20.8 Å². The predicted molar refractivity (Wildman–Crippen MR) is 140 cm³/mol. The average molecular weight is 522 g/mol. The third-order valence-electron chi connectivity index (χ3n) is 5.41. The Morgan fingerprint density at radius 3 is 1.84 bits per heavy atom. The van der Waals surface area contributed by atoms with E-state index in [1.165, 1.54) is 27.9 Å². The molecule has 0 saturated heterocycles. The van der Waals surface area contributed by atoms with Crippen LogP contribution in [0.3, 0.4) is 0 Å². The molecular formula is C25H37BrN2O3Si. The predicted octanol–water partition coefficient (Wildman–Crippen LogP) is 5.20. The van der Waals surface area contributed by atoms with Crippen molar-refractivity contribution in [3.8, 4) is 0 Å².